The highest BCUT2D eigenvalue weighted by Gasteiger charge is 2.21. The van der Waals surface area contributed by atoms with Gasteiger partial charge < -0.3 is 9.72 Å². The number of hydrogen-bond donors (Lipinski definition) is 1. The number of ether oxygens (including phenoxy) is 1. The molecule has 4 heterocycles. The van der Waals surface area contributed by atoms with Crippen LogP contribution in [0.2, 0.25) is 0 Å². The first kappa shape index (κ1) is 17.5. The van der Waals surface area contributed by atoms with Gasteiger partial charge in [-0.1, -0.05) is 36.4 Å². The monoisotopic (exact) mass is 408 g/mol. The number of nitrogens with one attached hydrogen (secondary N) is 1. The molecule has 8 nitrogen and oxygen atoms in total. The van der Waals surface area contributed by atoms with Gasteiger partial charge in [-0.15, -0.1) is 5.10 Å². The molecule has 0 bridgehead atoms. The van der Waals surface area contributed by atoms with Crippen LogP contribution in [0.25, 0.3) is 49.6 Å². The molecule has 0 atom stereocenters. The van der Waals surface area contributed by atoms with Gasteiger partial charge in [0.1, 0.15) is 5.69 Å². The second-order valence-corrected chi connectivity index (χ2v) is 7.20. The molecule has 0 radical (unpaired) electrons. The van der Waals surface area contributed by atoms with E-state index < -0.39 is 5.97 Å². The summed E-state index contributed by atoms with van der Waals surface area (Å²) in [6, 6.07) is 19.6. The summed E-state index contributed by atoms with van der Waals surface area (Å²) in [6.07, 6.45) is 0. The van der Waals surface area contributed by atoms with Crippen molar-refractivity contribution >= 4 is 44.3 Å². The summed E-state index contributed by atoms with van der Waals surface area (Å²) in [6.45, 7) is 2.05. The average Bonchev–Trinajstić information content (AvgIpc) is 3.43. The Morgan fingerprint density at radius 2 is 1.90 bits per heavy atom. The fourth-order valence-electron chi connectivity index (χ4n) is 4.06. The number of para-hydroxylation sites is 2. The van der Waals surface area contributed by atoms with E-state index in [0.29, 0.717) is 11.3 Å². The Hall–Kier alpha value is -4.33. The SMILES string of the molecule is CCOC(=O)c1cc2c([nH]c3ccccc32)c(-c2cc3ccccc3n3nnnc23)n1. The number of rotatable bonds is 3. The van der Waals surface area contributed by atoms with Crippen LogP contribution in [0, 0.1) is 0 Å². The van der Waals surface area contributed by atoms with Crippen molar-refractivity contribution in [3.63, 3.8) is 0 Å². The van der Waals surface area contributed by atoms with Crippen LogP contribution in [0.3, 0.4) is 0 Å². The second kappa shape index (κ2) is 6.60. The van der Waals surface area contributed by atoms with E-state index in [2.05, 4.69) is 20.5 Å². The highest BCUT2D eigenvalue weighted by atomic mass is 16.5. The lowest BCUT2D eigenvalue weighted by Gasteiger charge is -2.09. The van der Waals surface area contributed by atoms with Crippen molar-refractivity contribution in [3.8, 4) is 11.3 Å². The van der Waals surface area contributed by atoms with Crippen molar-refractivity contribution in [2.24, 2.45) is 0 Å². The summed E-state index contributed by atoms with van der Waals surface area (Å²) in [5.74, 6) is -0.465. The minimum Gasteiger partial charge on any atom is -0.461 e. The van der Waals surface area contributed by atoms with Crippen LogP contribution in [0.15, 0.2) is 60.7 Å². The molecule has 31 heavy (non-hydrogen) atoms. The molecule has 0 saturated heterocycles. The number of benzene rings is 2. The zero-order valence-corrected chi connectivity index (χ0v) is 16.5. The molecule has 150 valence electrons. The normalized spacial score (nSPS) is 11.6. The van der Waals surface area contributed by atoms with Gasteiger partial charge in [0.25, 0.3) is 0 Å². The highest BCUT2D eigenvalue weighted by Crippen LogP contribution is 2.35. The zero-order valence-electron chi connectivity index (χ0n) is 16.5. The number of H-pyrrole nitrogens is 1. The number of nitrogens with zero attached hydrogens (tertiary/aromatic N) is 5. The van der Waals surface area contributed by atoms with Gasteiger partial charge in [0.2, 0.25) is 0 Å². The summed E-state index contributed by atoms with van der Waals surface area (Å²) < 4.78 is 6.93. The van der Waals surface area contributed by atoms with E-state index >= 15 is 0 Å². The van der Waals surface area contributed by atoms with Gasteiger partial charge in [0.05, 0.1) is 23.3 Å². The minimum absolute atomic E-state index is 0.243. The third-order valence-corrected chi connectivity index (χ3v) is 5.41. The number of fused-ring (bicyclic) bond motifs is 6. The van der Waals surface area contributed by atoms with E-state index in [1.54, 1.807) is 17.5 Å². The van der Waals surface area contributed by atoms with Crippen molar-refractivity contribution in [3.05, 3.63) is 66.4 Å². The first-order chi connectivity index (χ1) is 15.2. The van der Waals surface area contributed by atoms with Gasteiger partial charge in [-0.3, -0.25) is 0 Å². The summed E-state index contributed by atoms with van der Waals surface area (Å²) in [5, 5.41) is 15.2. The molecule has 8 heteroatoms. The first-order valence-corrected chi connectivity index (χ1v) is 9.93. The lowest BCUT2D eigenvalue weighted by Crippen LogP contribution is -2.08. The fourth-order valence-corrected chi connectivity index (χ4v) is 4.06. The molecule has 0 fully saturated rings. The maximum atomic E-state index is 12.6. The third kappa shape index (κ3) is 2.58. The molecule has 4 aromatic heterocycles. The Bertz CT molecular complexity index is 1630. The molecule has 0 spiro atoms. The predicted octanol–water partition coefficient (Wildman–Crippen LogP) is 4.15. The molecule has 0 aliphatic rings. The smallest absolute Gasteiger partial charge is 0.356 e. The van der Waals surface area contributed by atoms with E-state index in [-0.39, 0.29) is 12.3 Å². The third-order valence-electron chi connectivity index (χ3n) is 5.41. The quantitative estimate of drug-likeness (QED) is 0.442. The highest BCUT2D eigenvalue weighted by molar-refractivity contribution is 6.13. The van der Waals surface area contributed by atoms with Crippen LogP contribution in [-0.4, -0.2) is 42.6 Å². The summed E-state index contributed by atoms with van der Waals surface area (Å²) in [5.41, 5.74) is 4.79. The van der Waals surface area contributed by atoms with E-state index in [9.17, 15) is 4.79 Å². The lowest BCUT2D eigenvalue weighted by molar-refractivity contribution is 0.0520. The Morgan fingerprint density at radius 3 is 2.81 bits per heavy atom. The summed E-state index contributed by atoms with van der Waals surface area (Å²) in [7, 11) is 0. The number of aromatic nitrogens is 6. The van der Waals surface area contributed by atoms with Crippen LogP contribution in [-0.2, 0) is 4.74 Å². The van der Waals surface area contributed by atoms with Crippen molar-refractivity contribution in [2.75, 3.05) is 6.61 Å². The van der Waals surface area contributed by atoms with Gasteiger partial charge in [-0.25, -0.2) is 9.78 Å². The van der Waals surface area contributed by atoms with Crippen molar-refractivity contribution in [2.45, 2.75) is 6.92 Å². The first-order valence-electron chi connectivity index (χ1n) is 9.93. The molecule has 0 amide bonds. The van der Waals surface area contributed by atoms with Gasteiger partial charge >= 0.3 is 5.97 Å². The Labute approximate surface area is 175 Å². The average molecular weight is 408 g/mol. The Balaban J connectivity index is 1.76. The number of pyridine rings is 2. The molecule has 0 aliphatic carbocycles. The van der Waals surface area contributed by atoms with E-state index in [4.69, 9.17) is 9.72 Å². The van der Waals surface area contributed by atoms with Crippen LogP contribution in [0.1, 0.15) is 17.4 Å². The van der Waals surface area contributed by atoms with E-state index in [1.165, 1.54) is 0 Å². The number of aromatic amines is 1. The molecule has 0 saturated carbocycles. The van der Waals surface area contributed by atoms with Gasteiger partial charge in [-0.2, -0.15) is 4.52 Å². The maximum Gasteiger partial charge on any atom is 0.356 e. The summed E-state index contributed by atoms with van der Waals surface area (Å²) in [4.78, 5) is 20.8. The molecule has 6 rings (SSSR count). The number of tetrazole rings is 1. The topological polar surface area (TPSA) is 98.1 Å². The van der Waals surface area contributed by atoms with Crippen LogP contribution in [0.4, 0.5) is 0 Å². The molecule has 1 N–H and O–H groups in total. The molecule has 6 aromatic rings. The van der Waals surface area contributed by atoms with Crippen molar-refractivity contribution in [1.82, 2.24) is 30.0 Å². The minimum atomic E-state index is -0.465. The van der Waals surface area contributed by atoms with Crippen molar-refractivity contribution < 1.29 is 9.53 Å². The van der Waals surface area contributed by atoms with Crippen molar-refractivity contribution in [1.29, 1.82) is 0 Å². The van der Waals surface area contributed by atoms with E-state index in [1.807, 2.05) is 54.6 Å². The van der Waals surface area contributed by atoms with E-state index in [0.717, 1.165) is 38.3 Å². The predicted molar refractivity (Wildman–Crippen MR) is 117 cm³/mol. The number of carbonyl (C=O) groups excluding carboxylic acids is 1. The largest absolute Gasteiger partial charge is 0.461 e. The maximum absolute atomic E-state index is 12.6. The molecular formula is C23H16N6O2. The summed E-state index contributed by atoms with van der Waals surface area (Å²) >= 11 is 0. The fraction of sp³-hybridized carbons (Fsp3) is 0.0870. The van der Waals surface area contributed by atoms with Gasteiger partial charge in [-0.05, 0) is 41.6 Å². The lowest BCUT2D eigenvalue weighted by atomic mass is 10.1. The molecule has 0 unspecified atom stereocenters. The van der Waals surface area contributed by atoms with Crippen LogP contribution >= 0.6 is 0 Å². The second-order valence-electron chi connectivity index (χ2n) is 7.20. The number of esters is 1. The number of hydrogen-bond acceptors (Lipinski definition) is 6. The number of carbonyl (C=O) groups is 1. The molecule has 2 aromatic carbocycles. The van der Waals surface area contributed by atoms with Crippen LogP contribution in [0.5, 0.6) is 0 Å². The standard InChI is InChI=1S/C23H16N6O2/c1-2-31-23(30)18-12-15-14-8-4-5-9-17(14)24-20(15)21(25-18)16-11-13-7-3-6-10-19(13)29-22(16)26-27-28-29/h3-12,24H,2H2,1H3. The molecular weight excluding hydrogens is 392 g/mol. The van der Waals surface area contributed by atoms with Gasteiger partial charge in [0.15, 0.2) is 5.65 Å². The zero-order chi connectivity index (χ0) is 20.9. The molecule has 0 aliphatic heterocycles. The van der Waals surface area contributed by atoms with Gasteiger partial charge in [0, 0.05) is 27.2 Å². The Morgan fingerprint density at radius 1 is 1.06 bits per heavy atom. The van der Waals surface area contributed by atoms with Crippen LogP contribution < -0.4 is 0 Å². The Kier molecular flexibility index (Phi) is 3.73.